The third-order valence-electron chi connectivity index (χ3n) is 3.37. The molecule has 0 aromatic carbocycles. The van der Waals surface area contributed by atoms with E-state index in [1.165, 1.54) is 19.3 Å². The molecule has 2 heterocycles. The molecule has 2 aliphatic rings. The number of piperidine rings is 1. The molecule has 2 aliphatic heterocycles. The molecule has 5 heteroatoms. The molecule has 0 aromatic heterocycles. The number of amides is 1. The number of ether oxygens (including phenoxy) is 2. The van der Waals surface area contributed by atoms with Crippen LogP contribution in [-0.4, -0.2) is 56.5 Å². The molecule has 98 valence electrons. The molecule has 2 fully saturated rings. The largest absolute Gasteiger partial charge is 0.449 e. The lowest BCUT2D eigenvalue weighted by molar-refractivity contribution is 0.0260. The molecule has 17 heavy (non-hydrogen) atoms. The molecule has 0 saturated carbocycles. The van der Waals surface area contributed by atoms with Crippen molar-refractivity contribution in [3.05, 3.63) is 0 Å². The monoisotopic (exact) mass is 242 g/mol. The van der Waals surface area contributed by atoms with Gasteiger partial charge in [-0.2, -0.15) is 0 Å². The van der Waals surface area contributed by atoms with Crippen molar-refractivity contribution in [1.82, 2.24) is 10.2 Å². The summed E-state index contributed by atoms with van der Waals surface area (Å²) in [7, 11) is 0. The minimum atomic E-state index is -0.191. The average Bonchev–Trinajstić information content (AvgIpc) is 2.41. The summed E-state index contributed by atoms with van der Waals surface area (Å²) in [6.07, 6.45) is 4.49. The lowest BCUT2D eigenvalue weighted by atomic mass is 10.0. The Morgan fingerprint density at radius 3 is 2.88 bits per heavy atom. The minimum absolute atomic E-state index is 0.191. The van der Waals surface area contributed by atoms with E-state index in [2.05, 4.69) is 5.32 Å². The smallest absolute Gasteiger partial charge is 0.409 e. The molecule has 0 aliphatic carbocycles. The van der Waals surface area contributed by atoms with Crippen molar-refractivity contribution < 1.29 is 14.3 Å². The van der Waals surface area contributed by atoms with Gasteiger partial charge in [0, 0.05) is 19.1 Å². The Balaban J connectivity index is 1.58. The van der Waals surface area contributed by atoms with Crippen molar-refractivity contribution in [3.63, 3.8) is 0 Å². The Bertz CT molecular complexity index is 236. The molecule has 0 radical (unpaired) electrons. The van der Waals surface area contributed by atoms with Gasteiger partial charge in [-0.1, -0.05) is 6.42 Å². The fraction of sp³-hybridized carbons (Fsp3) is 0.917. The number of carbonyl (C=O) groups is 1. The van der Waals surface area contributed by atoms with E-state index >= 15 is 0 Å². The molecule has 1 atom stereocenters. The van der Waals surface area contributed by atoms with Gasteiger partial charge in [-0.25, -0.2) is 4.79 Å². The highest BCUT2D eigenvalue weighted by Gasteiger charge is 2.19. The molecule has 1 unspecified atom stereocenters. The van der Waals surface area contributed by atoms with Crippen molar-refractivity contribution in [3.8, 4) is 0 Å². The summed E-state index contributed by atoms with van der Waals surface area (Å²) in [4.78, 5) is 13.4. The van der Waals surface area contributed by atoms with Crippen molar-refractivity contribution >= 4 is 6.09 Å². The first kappa shape index (κ1) is 12.6. The van der Waals surface area contributed by atoms with Crippen molar-refractivity contribution in [2.24, 2.45) is 0 Å². The first-order valence-corrected chi connectivity index (χ1v) is 6.59. The van der Waals surface area contributed by atoms with Crippen molar-refractivity contribution in [1.29, 1.82) is 0 Å². The molecule has 5 nitrogen and oxygen atoms in total. The molecule has 1 amide bonds. The molecular formula is C12H22N2O3. The maximum absolute atomic E-state index is 11.7. The second kappa shape index (κ2) is 6.81. The maximum atomic E-state index is 11.7. The van der Waals surface area contributed by atoms with Gasteiger partial charge >= 0.3 is 6.09 Å². The minimum Gasteiger partial charge on any atom is -0.449 e. The summed E-state index contributed by atoms with van der Waals surface area (Å²) >= 11 is 0. The molecule has 2 saturated heterocycles. The fourth-order valence-electron chi connectivity index (χ4n) is 2.30. The number of carbonyl (C=O) groups excluding carboxylic acids is 1. The highest BCUT2D eigenvalue weighted by molar-refractivity contribution is 5.67. The number of nitrogens with zero attached hydrogens (tertiary/aromatic N) is 1. The van der Waals surface area contributed by atoms with E-state index in [1.54, 1.807) is 4.90 Å². The standard InChI is InChI=1S/C12H22N2O3/c15-12(14-6-9-16-10-7-14)17-8-4-11-3-1-2-5-13-11/h11,13H,1-10H2. The number of rotatable bonds is 3. The SMILES string of the molecule is O=C(OCCC1CCCCN1)N1CCOCC1. The first-order chi connectivity index (χ1) is 8.36. The molecule has 0 bridgehead atoms. The lowest BCUT2D eigenvalue weighted by Crippen LogP contribution is -2.41. The highest BCUT2D eigenvalue weighted by Crippen LogP contribution is 2.10. The van der Waals surface area contributed by atoms with Crippen LogP contribution in [-0.2, 0) is 9.47 Å². The van der Waals surface area contributed by atoms with Crippen LogP contribution in [0.5, 0.6) is 0 Å². The van der Waals surface area contributed by atoms with Crippen LogP contribution in [0.1, 0.15) is 25.7 Å². The van der Waals surface area contributed by atoms with Gasteiger partial charge in [0.05, 0.1) is 19.8 Å². The van der Waals surface area contributed by atoms with Crippen LogP contribution < -0.4 is 5.32 Å². The summed E-state index contributed by atoms with van der Waals surface area (Å²) in [6.45, 7) is 4.18. The summed E-state index contributed by atoms with van der Waals surface area (Å²) in [5.74, 6) is 0. The molecular weight excluding hydrogens is 220 g/mol. The molecule has 1 N–H and O–H groups in total. The van der Waals surface area contributed by atoms with E-state index in [9.17, 15) is 4.79 Å². The van der Waals surface area contributed by atoms with Crippen LogP contribution in [0.15, 0.2) is 0 Å². The van der Waals surface area contributed by atoms with Crippen molar-refractivity contribution in [2.75, 3.05) is 39.5 Å². The molecule has 0 aromatic rings. The van der Waals surface area contributed by atoms with E-state index in [0.29, 0.717) is 39.0 Å². The van der Waals surface area contributed by atoms with E-state index < -0.39 is 0 Å². The highest BCUT2D eigenvalue weighted by atomic mass is 16.6. The molecule has 0 spiro atoms. The Morgan fingerprint density at radius 1 is 1.35 bits per heavy atom. The second-order valence-electron chi connectivity index (χ2n) is 4.65. The van der Waals surface area contributed by atoms with Gasteiger partial charge in [0.2, 0.25) is 0 Å². The van der Waals surface area contributed by atoms with Gasteiger partial charge in [-0.15, -0.1) is 0 Å². The van der Waals surface area contributed by atoms with Gasteiger partial charge in [-0.3, -0.25) is 0 Å². The fourth-order valence-corrected chi connectivity index (χ4v) is 2.30. The third-order valence-corrected chi connectivity index (χ3v) is 3.37. The number of hydrogen-bond donors (Lipinski definition) is 1. The Hall–Kier alpha value is -0.810. The maximum Gasteiger partial charge on any atom is 0.409 e. The number of morpholine rings is 1. The first-order valence-electron chi connectivity index (χ1n) is 6.59. The second-order valence-corrected chi connectivity index (χ2v) is 4.65. The van der Waals surface area contributed by atoms with Gasteiger partial charge in [0.15, 0.2) is 0 Å². The molecule has 2 rings (SSSR count). The quantitative estimate of drug-likeness (QED) is 0.802. The van der Waals surface area contributed by atoms with E-state index in [1.807, 2.05) is 0 Å². The summed E-state index contributed by atoms with van der Waals surface area (Å²) in [5, 5.41) is 3.45. The van der Waals surface area contributed by atoms with Crippen LogP contribution in [0.25, 0.3) is 0 Å². The van der Waals surface area contributed by atoms with Gasteiger partial charge in [0.25, 0.3) is 0 Å². The van der Waals surface area contributed by atoms with Crippen LogP contribution >= 0.6 is 0 Å². The summed E-state index contributed by atoms with van der Waals surface area (Å²) in [6, 6.07) is 0.529. The Labute approximate surface area is 102 Å². The third kappa shape index (κ3) is 4.16. The van der Waals surface area contributed by atoms with Gasteiger partial charge in [0.1, 0.15) is 0 Å². The van der Waals surface area contributed by atoms with Crippen LogP contribution in [0.4, 0.5) is 4.79 Å². The Morgan fingerprint density at radius 2 is 2.18 bits per heavy atom. The Kier molecular flexibility index (Phi) is 5.07. The topological polar surface area (TPSA) is 50.8 Å². The zero-order chi connectivity index (χ0) is 11.9. The van der Waals surface area contributed by atoms with E-state index in [-0.39, 0.29) is 6.09 Å². The van der Waals surface area contributed by atoms with Crippen LogP contribution in [0.3, 0.4) is 0 Å². The van der Waals surface area contributed by atoms with Gasteiger partial charge < -0.3 is 19.7 Å². The van der Waals surface area contributed by atoms with Crippen molar-refractivity contribution in [2.45, 2.75) is 31.7 Å². The predicted octanol–water partition coefficient (Wildman–Crippen LogP) is 0.987. The number of nitrogens with one attached hydrogen (secondary N) is 1. The average molecular weight is 242 g/mol. The van der Waals surface area contributed by atoms with Crippen LogP contribution in [0.2, 0.25) is 0 Å². The summed E-state index contributed by atoms with van der Waals surface area (Å²) in [5.41, 5.74) is 0. The van der Waals surface area contributed by atoms with Crippen LogP contribution in [0, 0.1) is 0 Å². The van der Waals surface area contributed by atoms with E-state index in [4.69, 9.17) is 9.47 Å². The number of hydrogen-bond acceptors (Lipinski definition) is 4. The summed E-state index contributed by atoms with van der Waals surface area (Å²) < 4.78 is 10.5. The van der Waals surface area contributed by atoms with E-state index in [0.717, 1.165) is 13.0 Å². The normalized spacial score (nSPS) is 25.6. The predicted molar refractivity (Wildman–Crippen MR) is 64.0 cm³/mol. The van der Waals surface area contributed by atoms with Gasteiger partial charge in [-0.05, 0) is 25.8 Å². The lowest BCUT2D eigenvalue weighted by Gasteiger charge is -2.27. The zero-order valence-corrected chi connectivity index (χ0v) is 10.3. The zero-order valence-electron chi connectivity index (χ0n) is 10.3.